The van der Waals surface area contributed by atoms with Gasteiger partial charge in [-0.25, -0.2) is 0 Å². The Morgan fingerprint density at radius 1 is 1.26 bits per heavy atom. The van der Waals surface area contributed by atoms with E-state index in [9.17, 15) is 0 Å². The van der Waals surface area contributed by atoms with Gasteiger partial charge in [0, 0.05) is 17.9 Å². The Bertz CT molecular complexity index is 363. The van der Waals surface area contributed by atoms with Gasteiger partial charge in [-0.15, -0.1) is 0 Å². The van der Waals surface area contributed by atoms with Crippen LogP contribution in [0.3, 0.4) is 0 Å². The molecule has 1 fully saturated rings. The van der Waals surface area contributed by atoms with E-state index in [1.54, 1.807) is 0 Å². The lowest BCUT2D eigenvalue weighted by Gasteiger charge is -2.33. The second kappa shape index (κ2) is 7.04. The first kappa shape index (κ1) is 14.5. The Balaban J connectivity index is 2.08. The van der Waals surface area contributed by atoms with E-state index >= 15 is 0 Å². The predicted octanol–water partition coefficient (Wildman–Crippen LogP) is 4.26. The van der Waals surface area contributed by atoms with Gasteiger partial charge in [-0.1, -0.05) is 32.8 Å². The lowest BCUT2D eigenvalue weighted by Crippen LogP contribution is -2.31. The minimum absolute atomic E-state index is 0.501. The lowest BCUT2D eigenvalue weighted by molar-refractivity contribution is 0.231. The number of aromatic nitrogens is 1. The zero-order valence-electron chi connectivity index (χ0n) is 12.7. The first-order chi connectivity index (χ1) is 9.20. The fourth-order valence-electron chi connectivity index (χ4n) is 3.14. The highest BCUT2D eigenvalue weighted by Gasteiger charge is 2.26. The highest BCUT2D eigenvalue weighted by Crippen LogP contribution is 2.36. The summed E-state index contributed by atoms with van der Waals surface area (Å²) < 4.78 is 0. The summed E-state index contributed by atoms with van der Waals surface area (Å²) in [6.45, 7) is 7.78. The molecule has 0 spiro atoms. The van der Waals surface area contributed by atoms with Crippen molar-refractivity contribution in [1.29, 1.82) is 0 Å². The van der Waals surface area contributed by atoms with Crippen LogP contribution in [0.1, 0.15) is 63.3 Å². The summed E-state index contributed by atoms with van der Waals surface area (Å²) in [6, 6.07) is 4.90. The summed E-state index contributed by atoms with van der Waals surface area (Å²) in [5, 5.41) is 3.75. The number of rotatable bonds is 5. The van der Waals surface area contributed by atoms with Crippen molar-refractivity contribution < 1.29 is 0 Å². The van der Waals surface area contributed by atoms with Crippen LogP contribution >= 0.6 is 0 Å². The number of nitrogens with one attached hydrogen (secondary N) is 1. The second-order valence-electron chi connectivity index (χ2n) is 6.18. The maximum atomic E-state index is 4.48. The standard InChI is InChI=1S/C17H28N2/c1-4-11-18-17(15-8-5-13(2)6-9-15)16-10-7-14(3)19-12-16/h7,10,12-13,15,17-18H,4-6,8-9,11H2,1-3H3. The zero-order chi connectivity index (χ0) is 13.7. The largest absolute Gasteiger partial charge is 0.310 e. The summed E-state index contributed by atoms with van der Waals surface area (Å²) in [7, 11) is 0. The molecule has 1 unspecified atom stereocenters. The monoisotopic (exact) mass is 260 g/mol. The molecule has 19 heavy (non-hydrogen) atoms. The molecule has 1 aromatic heterocycles. The van der Waals surface area contributed by atoms with Gasteiger partial charge in [-0.3, -0.25) is 4.98 Å². The summed E-state index contributed by atoms with van der Waals surface area (Å²) in [5.41, 5.74) is 2.48. The molecule has 0 radical (unpaired) electrons. The van der Waals surface area contributed by atoms with Crippen molar-refractivity contribution >= 4 is 0 Å². The number of nitrogens with zero attached hydrogens (tertiary/aromatic N) is 1. The molecule has 0 amide bonds. The van der Waals surface area contributed by atoms with Gasteiger partial charge < -0.3 is 5.32 Å². The molecule has 1 saturated carbocycles. The van der Waals surface area contributed by atoms with Crippen LogP contribution in [-0.4, -0.2) is 11.5 Å². The molecule has 1 atom stereocenters. The average Bonchev–Trinajstić information content (AvgIpc) is 2.43. The normalized spacial score (nSPS) is 25.2. The van der Waals surface area contributed by atoms with Crippen LogP contribution in [0.4, 0.5) is 0 Å². The topological polar surface area (TPSA) is 24.9 Å². The molecular weight excluding hydrogens is 232 g/mol. The van der Waals surface area contributed by atoms with Gasteiger partial charge in [0.25, 0.3) is 0 Å². The molecule has 1 heterocycles. The summed E-state index contributed by atoms with van der Waals surface area (Å²) >= 11 is 0. The third kappa shape index (κ3) is 4.04. The fraction of sp³-hybridized carbons (Fsp3) is 0.706. The second-order valence-corrected chi connectivity index (χ2v) is 6.18. The van der Waals surface area contributed by atoms with Crippen LogP contribution in [0.5, 0.6) is 0 Å². The Labute approximate surface area is 118 Å². The number of hydrogen-bond acceptors (Lipinski definition) is 2. The average molecular weight is 260 g/mol. The first-order valence-corrected chi connectivity index (χ1v) is 7.86. The van der Waals surface area contributed by atoms with Gasteiger partial charge in [0.05, 0.1) is 0 Å². The van der Waals surface area contributed by atoms with Crippen LogP contribution in [0.15, 0.2) is 18.3 Å². The number of aryl methyl sites for hydroxylation is 1. The van der Waals surface area contributed by atoms with Crippen molar-refractivity contribution in [3.63, 3.8) is 0 Å². The predicted molar refractivity (Wildman–Crippen MR) is 81.1 cm³/mol. The van der Waals surface area contributed by atoms with E-state index < -0.39 is 0 Å². The molecule has 1 aromatic rings. The van der Waals surface area contributed by atoms with Crippen molar-refractivity contribution in [2.45, 2.75) is 58.9 Å². The van der Waals surface area contributed by atoms with E-state index in [2.05, 4.69) is 49.4 Å². The molecule has 0 saturated heterocycles. The Morgan fingerprint density at radius 3 is 2.58 bits per heavy atom. The van der Waals surface area contributed by atoms with E-state index in [0.717, 1.165) is 24.1 Å². The zero-order valence-corrected chi connectivity index (χ0v) is 12.7. The molecule has 2 heteroatoms. The molecule has 2 rings (SSSR count). The van der Waals surface area contributed by atoms with Crippen LogP contribution in [0.2, 0.25) is 0 Å². The summed E-state index contributed by atoms with van der Waals surface area (Å²) in [6.07, 6.45) is 8.75. The highest BCUT2D eigenvalue weighted by molar-refractivity contribution is 5.18. The Kier molecular flexibility index (Phi) is 5.38. The Morgan fingerprint density at radius 2 is 2.00 bits per heavy atom. The quantitative estimate of drug-likeness (QED) is 0.855. The van der Waals surface area contributed by atoms with Gasteiger partial charge in [0.2, 0.25) is 0 Å². The third-order valence-electron chi connectivity index (χ3n) is 4.44. The van der Waals surface area contributed by atoms with Gasteiger partial charge in [-0.2, -0.15) is 0 Å². The highest BCUT2D eigenvalue weighted by atomic mass is 14.9. The smallest absolute Gasteiger partial charge is 0.0372 e. The molecule has 1 aliphatic rings. The number of hydrogen-bond donors (Lipinski definition) is 1. The summed E-state index contributed by atoms with van der Waals surface area (Å²) in [5.74, 6) is 1.70. The van der Waals surface area contributed by atoms with Gasteiger partial charge in [-0.05, 0) is 56.2 Å². The summed E-state index contributed by atoms with van der Waals surface area (Å²) in [4.78, 5) is 4.48. The van der Waals surface area contributed by atoms with Crippen molar-refractivity contribution in [2.24, 2.45) is 11.8 Å². The minimum atomic E-state index is 0.501. The molecular formula is C17H28N2. The van der Waals surface area contributed by atoms with Crippen LogP contribution in [-0.2, 0) is 0 Å². The van der Waals surface area contributed by atoms with E-state index in [1.807, 2.05) is 0 Å². The van der Waals surface area contributed by atoms with E-state index in [4.69, 9.17) is 0 Å². The SMILES string of the molecule is CCCNC(c1ccc(C)nc1)C1CCC(C)CC1. The lowest BCUT2D eigenvalue weighted by atomic mass is 9.77. The van der Waals surface area contributed by atoms with E-state index in [1.165, 1.54) is 37.7 Å². The molecule has 2 nitrogen and oxygen atoms in total. The molecule has 0 bridgehead atoms. The molecule has 1 N–H and O–H groups in total. The maximum Gasteiger partial charge on any atom is 0.0372 e. The van der Waals surface area contributed by atoms with Crippen LogP contribution in [0, 0.1) is 18.8 Å². The number of pyridine rings is 1. The van der Waals surface area contributed by atoms with Crippen LogP contribution in [0.25, 0.3) is 0 Å². The van der Waals surface area contributed by atoms with Gasteiger partial charge in [0.15, 0.2) is 0 Å². The third-order valence-corrected chi connectivity index (χ3v) is 4.44. The maximum absolute atomic E-state index is 4.48. The van der Waals surface area contributed by atoms with Gasteiger partial charge >= 0.3 is 0 Å². The fourth-order valence-corrected chi connectivity index (χ4v) is 3.14. The molecule has 0 aromatic carbocycles. The molecule has 106 valence electrons. The van der Waals surface area contributed by atoms with Crippen LogP contribution < -0.4 is 5.32 Å². The first-order valence-electron chi connectivity index (χ1n) is 7.86. The Hall–Kier alpha value is -0.890. The molecule has 1 aliphatic carbocycles. The van der Waals surface area contributed by atoms with Crippen molar-refractivity contribution in [2.75, 3.05) is 6.54 Å². The van der Waals surface area contributed by atoms with E-state index in [-0.39, 0.29) is 0 Å². The van der Waals surface area contributed by atoms with Gasteiger partial charge in [0.1, 0.15) is 0 Å². The van der Waals surface area contributed by atoms with Crippen molar-refractivity contribution in [3.05, 3.63) is 29.6 Å². The van der Waals surface area contributed by atoms with Crippen molar-refractivity contribution in [1.82, 2.24) is 10.3 Å². The minimum Gasteiger partial charge on any atom is -0.310 e. The van der Waals surface area contributed by atoms with Crippen molar-refractivity contribution in [3.8, 4) is 0 Å². The molecule has 0 aliphatic heterocycles. The van der Waals surface area contributed by atoms with E-state index in [0.29, 0.717) is 6.04 Å².